The summed E-state index contributed by atoms with van der Waals surface area (Å²) in [4.78, 5) is 29.2. The van der Waals surface area contributed by atoms with Crippen LogP contribution in [0.5, 0.6) is 0 Å². The minimum atomic E-state index is -0.423. The molecule has 5 rings (SSSR count). The van der Waals surface area contributed by atoms with Crippen molar-refractivity contribution in [2.24, 2.45) is 17.8 Å². The van der Waals surface area contributed by atoms with Gasteiger partial charge in [-0.15, -0.1) is 10.2 Å². The van der Waals surface area contributed by atoms with Crippen LogP contribution in [0.4, 0.5) is 4.79 Å². The standard InChI is InChI=1S/C26H30N6O2S/c1-17(22-13-19-9-10-20(22)12-19)28-25(34)29-23(33)16-35-26-31-30-24(21-8-5-11-27-14-21)32(26)15-18-6-3-2-4-7-18/h2-8,11,14,17,19-20,22H,9-10,12-13,15-16H2,1H3,(H2,28,29,33,34). The van der Waals surface area contributed by atoms with Crippen LogP contribution < -0.4 is 10.6 Å². The Morgan fingerprint density at radius 1 is 1.11 bits per heavy atom. The Labute approximate surface area is 209 Å². The number of fused-ring (bicyclic) bond motifs is 2. The number of aromatic nitrogens is 4. The number of nitrogens with one attached hydrogen (secondary N) is 2. The van der Waals surface area contributed by atoms with Crippen LogP contribution in [-0.4, -0.2) is 43.5 Å². The third-order valence-corrected chi connectivity index (χ3v) is 8.17. The van der Waals surface area contributed by atoms with Gasteiger partial charge in [-0.05, 0) is 61.6 Å². The molecule has 2 heterocycles. The second-order valence-corrected chi connectivity index (χ2v) is 10.5. The SMILES string of the molecule is CC(NC(=O)NC(=O)CSc1nnc(-c2cccnc2)n1Cc1ccccc1)C1CC2CCC1C2. The summed E-state index contributed by atoms with van der Waals surface area (Å²) in [5.41, 5.74) is 1.94. The highest BCUT2D eigenvalue weighted by molar-refractivity contribution is 7.99. The lowest BCUT2D eigenvalue weighted by Gasteiger charge is -2.28. The molecule has 4 atom stereocenters. The van der Waals surface area contributed by atoms with Crippen LogP contribution in [0.25, 0.3) is 11.4 Å². The molecule has 2 aliphatic carbocycles. The number of hydrogen-bond acceptors (Lipinski definition) is 6. The zero-order valence-electron chi connectivity index (χ0n) is 19.8. The third kappa shape index (κ3) is 5.56. The van der Waals surface area contributed by atoms with Crippen LogP contribution in [0.1, 0.15) is 38.2 Å². The van der Waals surface area contributed by atoms with Crippen molar-refractivity contribution in [1.29, 1.82) is 0 Å². The van der Waals surface area contributed by atoms with E-state index in [4.69, 9.17) is 0 Å². The fraction of sp³-hybridized carbons (Fsp3) is 0.423. The van der Waals surface area contributed by atoms with Gasteiger partial charge in [-0.1, -0.05) is 48.5 Å². The lowest BCUT2D eigenvalue weighted by Crippen LogP contribution is -2.47. The number of urea groups is 1. The highest BCUT2D eigenvalue weighted by Crippen LogP contribution is 2.49. The summed E-state index contributed by atoms with van der Waals surface area (Å²) >= 11 is 1.26. The van der Waals surface area contributed by atoms with E-state index in [9.17, 15) is 9.59 Å². The lowest BCUT2D eigenvalue weighted by atomic mass is 9.84. The Morgan fingerprint density at radius 3 is 2.69 bits per heavy atom. The molecule has 2 N–H and O–H groups in total. The molecule has 0 radical (unpaired) electrons. The number of amides is 3. The molecule has 182 valence electrons. The van der Waals surface area contributed by atoms with Gasteiger partial charge < -0.3 is 5.32 Å². The molecule has 2 bridgehead atoms. The highest BCUT2D eigenvalue weighted by atomic mass is 32.2. The van der Waals surface area contributed by atoms with Gasteiger partial charge in [0.2, 0.25) is 5.91 Å². The average molecular weight is 491 g/mol. The topological polar surface area (TPSA) is 102 Å². The number of rotatable bonds is 8. The van der Waals surface area contributed by atoms with Crippen molar-refractivity contribution in [1.82, 2.24) is 30.4 Å². The second kappa shape index (κ2) is 10.6. The first kappa shape index (κ1) is 23.5. The maximum atomic E-state index is 12.5. The van der Waals surface area contributed by atoms with Crippen molar-refractivity contribution in [3.8, 4) is 11.4 Å². The van der Waals surface area contributed by atoms with E-state index in [2.05, 4.69) is 32.7 Å². The van der Waals surface area contributed by atoms with Gasteiger partial charge in [0, 0.05) is 24.0 Å². The van der Waals surface area contributed by atoms with Gasteiger partial charge in [0.05, 0.1) is 12.3 Å². The first-order valence-corrected chi connectivity index (χ1v) is 13.2. The second-order valence-electron chi connectivity index (χ2n) is 9.56. The van der Waals surface area contributed by atoms with Crippen molar-refractivity contribution in [3.63, 3.8) is 0 Å². The molecule has 0 saturated heterocycles. The predicted molar refractivity (Wildman–Crippen MR) is 135 cm³/mol. The Kier molecular flexibility index (Phi) is 7.13. The van der Waals surface area contributed by atoms with E-state index in [1.165, 1.54) is 37.4 Å². The van der Waals surface area contributed by atoms with Gasteiger partial charge in [0.25, 0.3) is 0 Å². The zero-order valence-corrected chi connectivity index (χ0v) is 20.6. The molecule has 1 aromatic carbocycles. The van der Waals surface area contributed by atoms with E-state index in [-0.39, 0.29) is 17.7 Å². The molecule has 2 aromatic heterocycles. The van der Waals surface area contributed by atoms with Gasteiger partial charge in [0.15, 0.2) is 11.0 Å². The van der Waals surface area contributed by atoms with Crippen molar-refractivity contribution in [2.75, 3.05) is 5.75 Å². The summed E-state index contributed by atoms with van der Waals surface area (Å²) in [5, 5.41) is 14.8. The average Bonchev–Trinajstić information content (AvgIpc) is 3.60. The van der Waals surface area contributed by atoms with Gasteiger partial charge in [0.1, 0.15) is 0 Å². The van der Waals surface area contributed by atoms with E-state index in [0.29, 0.717) is 29.4 Å². The minimum absolute atomic E-state index is 0.0654. The maximum Gasteiger partial charge on any atom is 0.321 e. The summed E-state index contributed by atoms with van der Waals surface area (Å²) in [6, 6.07) is 13.5. The van der Waals surface area contributed by atoms with Crippen LogP contribution in [0.15, 0.2) is 60.0 Å². The molecule has 9 heteroatoms. The highest BCUT2D eigenvalue weighted by Gasteiger charge is 2.42. The molecule has 8 nitrogen and oxygen atoms in total. The van der Waals surface area contributed by atoms with E-state index >= 15 is 0 Å². The van der Waals surface area contributed by atoms with Gasteiger partial charge >= 0.3 is 6.03 Å². The van der Waals surface area contributed by atoms with Gasteiger partial charge in [-0.25, -0.2) is 4.79 Å². The van der Waals surface area contributed by atoms with Crippen molar-refractivity contribution >= 4 is 23.7 Å². The number of thioether (sulfide) groups is 1. The van der Waals surface area contributed by atoms with Crippen molar-refractivity contribution in [3.05, 3.63) is 60.4 Å². The number of imide groups is 1. The van der Waals surface area contributed by atoms with Crippen LogP contribution in [0.3, 0.4) is 0 Å². The van der Waals surface area contributed by atoms with Crippen molar-refractivity contribution < 1.29 is 9.59 Å². The number of nitrogens with zero attached hydrogens (tertiary/aromatic N) is 4. The normalized spacial score (nSPS) is 21.6. The molecule has 4 unspecified atom stereocenters. The Bertz CT molecular complexity index is 1170. The predicted octanol–water partition coefficient (Wildman–Crippen LogP) is 4.13. The molecular formula is C26H30N6O2S. The number of carbonyl (C=O) groups excluding carboxylic acids is 2. The van der Waals surface area contributed by atoms with E-state index in [1.807, 2.05) is 47.0 Å². The molecule has 2 aliphatic rings. The quantitative estimate of drug-likeness (QED) is 0.461. The van der Waals surface area contributed by atoms with Gasteiger partial charge in [-0.3, -0.25) is 19.7 Å². The lowest BCUT2D eigenvalue weighted by molar-refractivity contribution is -0.117. The summed E-state index contributed by atoms with van der Waals surface area (Å²) in [6.07, 6.45) is 8.53. The van der Waals surface area contributed by atoms with Crippen molar-refractivity contribution in [2.45, 2.75) is 50.4 Å². The van der Waals surface area contributed by atoms with Crippen LogP contribution in [0, 0.1) is 17.8 Å². The fourth-order valence-electron chi connectivity index (χ4n) is 5.56. The maximum absolute atomic E-state index is 12.5. The zero-order chi connectivity index (χ0) is 24.2. The monoisotopic (exact) mass is 490 g/mol. The summed E-state index contributed by atoms with van der Waals surface area (Å²) < 4.78 is 1.97. The number of carbonyl (C=O) groups is 2. The molecule has 3 amide bonds. The first-order valence-electron chi connectivity index (χ1n) is 12.2. The van der Waals surface area contributed by atoms with Crippen LogP contribution >= 0.6 is 11.8 Å². The molecule has 0 aliphatic heterocycles. The third-order valence-electron chi connectivity index (χ3n) is 7.20. The number of pyridine rings is 1. The Hall–Kier alpha value is -3.20. The largest absolute Gasteiger partial charge is 0.335 e. The van der Waals surface area contributed by atoms with E-state index < -0.39 is 6.03 Å². The molecular weight excluding hydrogens is 460 g/mol. The van der Waals surface area contributed by atoms with Crippen LogP contribution in [-0.2, 0) is 11.3 Å². The Morgan fingerprint density at radius 2 is 1.97 bits per heavy atom. The molecule has 35 heavy (non-hydrogen) atoms. The molecule has 3 aromatic rings. The summed E-state index contributed by atoms with van der Waals surface area (Å²) in [5.74, 6) is 2.45. The number of hydrogen-bond donors (Lipinski definition) is 2. The van der Waals surface area contributed by atoms with E-state index in [0.717, 1.165) is 17.0 Å². The smallest absolute Gasteiger partial charge is 0.321 e. The summed E-state index contributed by atoms with van der Waals surface area (Å²) in [7, 11) is 0. The van der Waals surface area contributed by atoms with Gasteiger partial charge in [-0.2, -0.15) is 0 Å². The number of benzene rings is 1. The fourth-order valence-corrected chi connectivity index (χ4v) is 6.30. The van der Waals surface area contributed by atoms with E-state index in [1.54, 1.807) is 12.4 Å². The first-order chi connectivity index (χ1) is 17.1. The Balaban J connectivity index is 1.20. The molecule has 2 fully saturated rings. The molecule has 0 spiro atoms. The minimum Gasteiger partial charge on any atom is -0.335 e. The molecule has 2 saturated carbocycles. The summed E-state index contributed by atoms with van der Waals surface area (Å²) in [6.45, 7) is 2.61. The van der Waals surface area contributed by atoms with Crippen LogP contribution in [0.2, 0.25) is 0 Å².